The van der Waals surface area contributed by atoms with Crippen LogP contribution in [0.4, 0.5) is 0 Å². The standard InChI is InChI=1S/C43H80N2O5SSi2/c1-29(2)35-27-38(30(3)4)41(39(28-35)31(5)6)51(46,47)45-44-34(9)32(7)25-37(50-53(18,19)43(13,14)15)22-23-40-33(8)26-36(49-40)21-20-24-48-52(16,17)42(10,11)12/h27-32,36-37,40,45H,8,20-26H2,1-7,9-19H3/t32-,36+,37-,40+/m1/s1. The summed E-state index contributed by atoms with van der Waals surface area (Å²) in [5, 5.41) is 4.81. The molecular formula is C43H80N2O5SSi2. The van der Waals surface area contributed by atoms with E-state index in [4.69, 9.17) is 13.6 Å². The molecule has 4 atom stereocenters. The molecule has 0 aromatic heterocycles. The maximum absolute atomic E-state index is 14.0. The lowest BCUT2D eigenvalue weighted by Crippen LogP contribution is -2.44. The van der Waals surface area contributed by atoms with Gasteiger partial charge in [0.2, 0.25) is 0 Å². The summed E-state index contributed by atoms with van der Waals surface area (Å²) < 4.78 is 48.1. The van der Waals surface area contributed by atoms with Crippen LogP contribution in [-0.2, 0) is 23.6 Å². The van der Waals surface area contributed by atoms with Gasteiger partial charge in [0.15, 0.2) is 16.6 Å². The average molecular weight is 793 g/mol. The molecule has 0 spiro atoms. The molecule has 0 saturated carbocycles. The van der Waals surface area contributed by atoms with Crippen LogP contribution in [-0.4, -0.2) is 55.7 Å². The first-order chi connectivity index (χ1) is 24.0. The number of nitrogens with one attached hydrogen (secondary N) is 1. The number of benzene rings is 1. The van der Waals surface area contributed by atoms with Crippen molar-refractivity contribution in [3.8, 4) is 0 Å². The molecule has 306 valence electrons. The van der Waals surface area contributed by atoms with Crippen LogP contribution in [0.25, 0.3) is 0 Å². The quantitative estimate of drug-likeness (QED) is 0.0496. The Morgan fingerprint density at radius 3 is 1.91 bits per heavy atom. The van der Waals surface area contributed by atoms with E-state index in [1.165, 1.54) is 5.57 Å². The lowest BCUT2D eigenvalue weighted by molar-refractivity contribution is 0.0307. The molecule has 1 aliphatic rings. The van der Waals surface area contributed by atoms with Gasteiger partial charge in [0.25, 0.3) is 10.0 Å². The van der Waals surface area contributed by atoms with Gasteiger partial charge in [-0.1, -0.05) is 109 Å². The lowest BCUT2D eigenvalue weighted by Gasteiger charge is -2.40. The van der Waals surface area contributed by atoms with Crippen molar-refractivity contribution in [3.05, 3.63) is 41.0 Å². The second-order valence-electron chi connectivity index (χ2n) is 19.9. The van der Waals surface area contributed by atoms with Crippen molar-refractivity contribution in [1.29, 1.82) is 0 Å². The molecule has 1 heterocycles. The third-order valence-electron chi connectivity index (χ3n) is 12.3. The molecule has 53 heavy (non-hydrogen) atoms. The van der Waals surface area contributed by atoms with Crippen LogP contribution >= 0.6 is 0 Å². The molecule has 0 amide bonds. The van der Waals surface area contributed by atoms with E-state index in [2.05, 4.69) is 145 Å². The number of hydrogen-bond donors (Lipinski definition) is 1. The Kier molecular flexibility index (Phi) is 16.9. The first-order valence-electron chi connectivity index (χ1n) is 20.4. The van der Waals surface area contributed by atoms with Crippen molar-refractivity contribution in [2.45, 2.75) is 213 Å². The van der Waals surface area contributed by atoms with E-state index >= 15 is 0 Å². The Balaban J connectivity index is 2.21. The fraction of sp³-hybridized carbons (Fsp3) is 0.791. The molecule has 1 fully saturated rings. The van der Waals surface area contributed by atoms with Crippen molar-refractivity contribution >= 4 is 32.4 Å². The van der Waals surface area contributed by atoms with Gasteiger partial charge in [0.05, 0.1) is 17.1 Å². The molecule has 0 unspecified atom stereocenters. The Morgan fingerprint density at radius 1 is 0.906 bits per heavy atom. The van der Waals surface area contributed by atoms with Gasteiger partial charge >= 0.3 is 0 Å². The molecule has 7 nitrogen and oxygen atoms in total. The highest BCUT2D eigenvalue weighted by molar-refractivity contribution is 7.89. The zero-order valence-corrected chi connectivity index (χ0v) is 40.1. The minimum absolute atomic E-state index is 0.00580. The van der Waals surface area contributed by atoms with Crippen molar-refractivity contribution in [2.75, 3.05) is 6.61 Å². The van der Waals surface area contributed by atoms with Crippen LogP contribution in [0.3, 0.4) is 0 Å². The van der Waals surface area contributed by atoms with E-state index in [1.807, 2.05) is 6.92 Å². The summed E-state index contributed by atoms with van der Waals surface area (Å²) in [6.45, 7) is 44.6. The first kappa shape index (κ1) is 47.8. The smallest absolute Gasteiger partial charge is 0.277 e. The fourth-order valence-corrected chi connectivity index (χ4v) is 10.4. The van der Waals surface area contributed by atoms with Crippen molar-refractivity contribution < 1.29 is 22.0 Å². The Bertz CT molecular complexity index is 1470. The second kappa shape index (κ2) is 18.8. The Morgan fingerprint density at radius 2 is 1.43 bits per heavy atom. The van der Waals surface area contributed by atoms with Gasteiger partial charge < -0.3 is 13.6 Å². The van der Waals surface area contributed by atoms with Crippen molar-refractivity contribution in [2.24, 2.45) is 11.0 Å². The van der Waals surface area contributed by atoms with Crippen LogP contribution in [0.5, 0.6) is 0 Å². The summed E-state index contributed by atoms with van der Waals surface area (Å²) in [4.78, 5) is 3.02. The highest BCUT2D eigenvalue weighted by atomic mass is 32.2. The number of sulfonamides is 1. The number of rotatable bonds is 19. The van der Waals surface area contributed by atoms with E-state index in [0.717, 1.165) is 67.5 Å². The normalized spacial score (nSPS) is 19.5. The van der Waals surface area contributed by atoms with Crippen LogP contribution < -0.4 is 4.83 Å². The van der Waals surface area contributed by atoms with Crippen molar-refractivity contribution in [3.63, 3.8) is 0 Å². The predicted octanol–water partition coefficient (Wildman–Crippen LogP) is 12.4. The molecule has 1 N–H and O–H groups in total. The predicted molar refractivity (Wildman–Crippen MR) is 232 cm³/mol. The van der Waals surface area contributed by atoms with Gasteiger partial charge in [0, 0.05) is 18.4 Å². The van der Waals surface area contributed by atoms with Crippen LogP contribution in [0.1, 0.15) is 170 Å². The molecule has 0 radical (unpaired) electrons. The van der Waals surface area contributed by atoms with E-state index in [1.54, 1.807) is 0 Å². The summed E-state index contributed by atoms with van der Waals surface area (Å²) in [5.74, 6) is 0.402. The molecule has 1 aromatic rings. The third-order valence-corrected chi connectivity index (χ3v) is 22.7. The number of hydrogen-bond acceptors (Lipinski definition) is 6. The second-order valence-corrected chi connectivity index (χ2v) is 31.1. The number of nitrogens with zero attached hydrogens (tertiary/aromatic N) is 1. The minimum atomic E-state index is -3.91. The molecule has 0 bridgehead atoms. The maximum Gasteiger partial charge on any atom is 0.277 e. The zero-order valence-electron chi connectivity index (χ0n) is 37.2. The largest absolute Gasteiger partial charge is 0.417 e. The third kappa shape index (κ3) is 13.4. The summed E-state index contributed by atoms with van der Waals surface area (Å²) in [6.07, 6.45) is 5.52. The van der Waals surface area contributed by atoms with Gasteiger partial charge in [-0.25, -0.2) is 4.83 Å². The zero-order chi connectivity index (χ0) is 40.9. The monoisotopic (exact) mass is 793 g/mol. The SMILES string of the molecule is C=C1C[C@H](CCCO[Si](C)(C)C(C)(C)C)O[C@H]1CC[C@H](C[C@@H](C)C(C)=NNS(=O)(=O)c1c(C(C)C)cc(C(C)C)cc1C(C)C)O[Si](C)(C)C(C)(C)C. The Hall–Kier alpha value is -1.31. The molecule has 1 aromatic carbocycles. The topological polar surface area (TPSA) is 86.2 Å². The average Bonchev–Trinajstić information content (AvgIpc) is 3.37. The van der Waals surface area contributed by atoms with Gasteiger partial charge in [0.1, 0.15) is 0 Å². The minimum Gasteiger partial charge on any atom is -0.417 e. The van der Waals surface area contributed by atoms with Gasteiger partial charge in [-0.15, -0.1) is 0 Å². The summed E-state index contributed by atoms with van der Waals surface area (Å²) in [7, 11) is -7.75. The van der Waals surface area contributed by atoms with Crippen LogP contribution in [0, 0.1) is 5.92 Å². The molecule has 0 aliphatic carbocycles. The molecule has 1 saturated heterocycles. The van der Waals surface area contributed by atoms with E-state index in [0.29, 0.717) is 10.8 Å². The molecule has 2 rings (SSSR count). The van der Waals surface area contributed by atoms with Gasteiger partial charge in [-0.3, -0.25) is 0 Å². The van der Waals surface area contributed by atoms with Crippen LogP contribution in [0.2, 0.25) is 36.3 Å². The number of hydrazone groups is 1. The lowest BCUT2D eigenvalue weighted by atomic mass is 9.89. The van der Waals surface area contributed by atoms with E-state index in [-0.39, 0.29) is 46.1 Å². The molecule has 10 heteroatoms. The highest BCUT2D eigenvalue weighted by Crippen LogP contribution is 2.40. The van der Waals surface area contributed by atoms with Gasteiger partial charge in [-0.2, -0.15) is 13.5 Å². The summed E-state index contributed by atoms with van der Waals surface area (Å²) in [6, 6.07) is 4.13. The summed E-state index contributed by atoms with van der Waals surface area (Å²) >= 11 is 0. The molecular weight excluding hydrogens is 713 g/mol. The summed E-state index contributed by atoms with van der Waals surface area (Å²) in [5.41, 5.74) is 4.76. The fourth-order valence-electron chi connectivity index (χ4n) is 6.31. The van der Waals surface area contributed by atoms with E-state index < -0.39 is 26.7 Å². The molecule has 1 aliphatic heterocycles. The van der Waals surface area contributed by atoms with Crippen LogP contribution in [0.15, 0.2) is 34.3 Å². The Labute approximate surface area is 329 Å². The highest BCUT2D eigenvalue weighted by Gasteiger charge is 2.40. The first-order valence-corrected chi connectivity index (χ1v) is 27.7. The maximum atomic E-state index is 14.0. The van der Waals surface area contributed by atoms with E-state index in [9.17, 15) is 8.42 Å². The van der Waals surface area contributed by atoms with Crippen molar-refractivity contribution in [1.82, 2.24) is 4.83 Å². The van der Waals surface area contributed by atoms with Gasteiger partial charge in [-0.05, 0) is 128 Å². The number of ether oxygens (including phenoxy) is 1.